The van der Waals surface area contributed by atoms with E-state index in [0.29, 0.717) is 27.6 Å². The molecule has 2 aromatic carbocycles. The molecular formula is C20H20N4O3S. The first-order valence-corrected chi connectivity index (χ1v) is 9.08. The van der Waals surface area contributed by atoms with Crippen LogP contribution in [-0.2, 0) is 4.79 Å². The van der Waals surface area contributed by atoms with Crippen LogP contribution < -0.4 is 16.0 Å². The van der Waals surface area contributed by atoms with Gasteiger partial charge in [-0.25, -0.2) is 0 Å². The third-order valence-corrected chi connectivity index (χ3v) is 4.94. The van der Waals surface area contributed by atoms with Gasteiger partial charge in [0.15, 0.2) is 5.11 Å². The van der Waals surface area contributed by atoms with Gasteiger partial charge in [0, 0.05) is 23.5 Å². The number of hydrogen-bond donors (Lipinski definition) is 3. The maximum Gasteiger partial charge on any atom is 0.269 e. The second-order valence-electron chi connectivity index (χ2n) is 6.67. The van der Waals surface area contributed by atoms with Crippen molar-refractivity contribution in [2.24, 2.45) is 0 Å². The van der Waals surface area contributed by atoms with Gasteiger partial charge in [0.1, 0.15) is 0 Å². The summed E-state index contributed by atoms with van der Waals surface area (Å²) in [5, 5.41) is 20.3. The van der Waals surface area contributed by atoms with Gasteiger partial charge < -0.3 is 16.0 Å². The van der Waals surface area contributed by atoms with E-state index in [4.69, 9.17) is 12.2 Å². The highest BCUT2D eigenvalue weighted by Crippen LogP contribution is 2.29. The lowest BCUT2D eigenvalue weighted by atomic mass is 9.94. The number of thiocarbonyl (C=S) groups is 1. The quantitative estimate of drug-likeness (QED) is 0.415. The minimum Gasteiger partial charge on any atom is -0.351 e. The number of anilines is 1. The fourth-order valence-corrected chi connectivity index (χ4v) is 3.32. The summed E-state index contributed by atoms with van der Waals surface area (Å²) in [5.74, 6) is -0.272. The van der Waals surface area contributed by atoms with Crippen molar-refractivity contribution in [1.29, 1.82) is 0 Å². The number of benzene rings is 2. The first-order valence-electron chi connectivity index (χ1n) is 8.67. The number of nitro benzene ring substituents is 1. The molecule has 8 heteroatoms. The monoisotopic (exact) mass is 396 g/mol. The van der Waals surface area contributed by atoms with Crippen LogP contribution in [0.1, 0.15) is 29.7 Å². The molecule has 28 heavy (non-hydrogen) atoms. The van der Waals surface area contributed by atoms with Gasteiger partial charge in [-0.2, -0.15) is 0 Å². The molecule has 0 spiro atoms. The van der Waals surface area contributed by atoms with Crippen LogP contribution in [0.25, 0.3) is 0 Å². The van der Waals surface area contributed by atoms with Gasteiger partial charge in [-0.1, -0.05) is 6.07 Å². The smallest absolute Gasteiger partial charge is 0.269 e. The standard InChI is InChI=1S/C20H20N4O3S/c1-11-4-7-15(10-12(11)2)22-19(25)17-13(3)21-20(28)23-18(17)14-5-8-16(9-6-14)24(26)27/h4-10,18H,1-3H3,(H,22,25)(H2,21,23,28). The Bertz CT molecular complexity index is 999. The van der Waals surface area contributed by atoms with Crippen LogP contribution in [0.2, 0.25) is 0 Å². The molecule has 144 valence electrons. The van der Waals surface area contributed by atoms with Crippen molar-refractivity contribution in [2.75, 3.05) is 5.32 Å². The molecule has 0 aromatic heterocycles. The molecule has 0 radical (unpaired) electrons. The van der Waals surface area contributed by atoms with Crippen molar-refractivity contribution in [3.8, 4) is 0 Å². The zero-order valence-corrected chi connectivity index (χ0v) is 16.5. The van der Waals surface area contributed by atoms with Crippen LogP contribution in [0, 0.1) is 24.0 Å². The fraction of sp³-hybridized carbons (Fsp3) is 0.200. The van der Waals surface area contributed by atoms with E-state index in [-0.39, 0.29) is 11.6 Å². The maximum atomic E-state index is 13.0. The minimum absolute atomic E-state index is 0.0119. The average Bonchev–Trinajstić information content (AvgIpc) is 2.64. The molecule has 0 bridgehead atoms. The van der Waals surface area contributed by atoms with E-state index in [1.807, 2.05) is 32.0 Å². The Labute approximate surface area is 168 Å². The van der Waals surface area contributed by atoms with Crippen molar-refractivity contribution < 1.29 is 9.72 Å². The van der Waals surface area contributed by atoms with E-state index in [9.17, 15) is 14.9 Å². The number of carbonyl (C=O) groups is 1. The normalized spacial score (nSPS) is 16.2. The Hall–Kier alpha value is -3.26. The summed E-state index contributed by atoms with van der Waals surface area (Å²) in [4.78, 5) is 23.5. The van der Waals surface area contributed by atoms with Crippen LogP contribution in [0.5, 0.6) is 0 Å². The highest BCUT2D eigenvalue weighted by atomic mass is 32.1. The molecule has 0 saturated heterocycles. The first kappa shape index (κ1) is 19.5. The van der Waals surface area contributed by atoms with Gasteiger partial charge in [-0.05, 0) is 73.9 Å². The zero-order chi connectivity index (χ0) is 20.4. The number of nitro groups is 1. The number of non-ortho nitro benzene ring substituents is 1. The molecule has 1 aliphatic heterocycles. The lowest BCUT2D eigenvalue weighted by Crippen LogP contribution is -2.45. The molecule has 1 aliphatic rings. The summed E-state index contributed by atoms with van der Waals surface area (Å²) in [6.07, 6.45) is 0. The van der Waals surface area contributed by atoms with E-state index >= 15 is 0 Å². The van der Waals surface area contributed by atoms with Crippen molar-refractivity contribution >= 4 is 34.6 Å². The number of allylic oxidation sites excluding steroid dienone is 1. The SMILES string of the molecule is CC1=C(C(=O)Nc2ccc(C)c(C)c2)C(c2ccc([N+](=O)[O-])cc2)NC(=S)N1. The van der Waals surface area contributed by atoms with Crippen molar-refractivity contribution in [3.63, 3.8) is 0 Å². The minimum atomic E-state index is -0.513. The summed E-state index contributed by atoms with van der Waals surface area (Å²) in [6, 6.07) is 11.3. The Morgan fingerprint density at radius 1 is 1.11 bits per heavy atom. The number of rotatable bonds is 4. The van der Waals surface area contributed by atoms with Crippen LogP contribution in [0.4, 0.5) is 11.4 Å². The predicted molar refractivity (Wildman–Crippen MR) is 112 cm³/mol. The summed E-state index contributed by atoms with van der Waals surface area (Å²) < 4.78 is 0. The van der Waals surface area contributed by atoms with E-state index in [1.165, 1.54) is 12.1 Å². The van der Waals surface area contributed by atoms with E-state index < -0.39 is 11.0 Å². The third kappa shape index (κ3) is 4.01. The van der Waals surface area contributed by atoms with Gasteiger partial charge in [0.2, 0.25) is 0 Å². The number of amides is 1. The number of aryl methyl sites for hydroxylation is 2. The summed E-state index contributed by atoms with van der Waals surface area (Å²) in [5.41, 5.74) is 4.72. The van der Waals surface area contributed by atoms with E-state index in [1.54, 1.807) is 19.1 Å². The molecule has 0 saturated carbocycles. The lowest BCUT2D eigenvalue weighted by molar-refractivity contribution is -0.384. The lowest BCUT2D eigenvalue weighted by Gasteiger charge is -2.30. The zero-order valence-electron chi connectivity index (χ0n) is 15.7. The van der Waals surface area contributed by atoms with Crippen molar-refractivity contribution in [3.05, 3.63) is 80.5 Å². The number of nitrogens with one attached hydrogen (secondary N) is 3. The first-order chi connectivity index (χ1) is 13.3. The highest BCUT2D eigenvalue weighted by molar-refractivity contribution is 7.80. The van der Waals surface area contributed by atoms with Gasteiger partial charge in [-0.15, -0.1) is 0 Å². The van der Waals surface area contributed by atoms with Crippen LogP contribution in [0.3, 0.4) is 0 Å². The van der Waals surface area contributed by atoms with E-state index in [0.717, 1.165) is 11.1 Å². The Morgan fingerprint density at radius 2 is 1.79 bits per heavy atom. The molecule has 1 amide bonds. The van der Waals surface area contributed by atoms with Gasteiger partial charge in [-0.3, -0.25) is 14.9 Å². The van der Waals surface area contributed by atoms with Crippen LogP contribution in [-0.4, -0.2) is 15.9 Å². The number of nitrogens with zero attached hydrogens (tertiary/aromatic N) is 1. The number of hydrogen-bond acceptors (Lipinski definition) is 4. The average molecular weight is 396 g/mol. The number of carbonyl (C=O) groups excluding carboxylic acids is 1. The Morgan fingerprint density at radius 3 is 2.39 bits per heavy atom. The van der Waals surface area contributed by atoms with Gasteiger partial charge in [0.05, 0.1) is 16.5 Å². The molecule has 1 atom stereocenters. The summed E-state index contributed by atoms with van der Waals surface area (Å²) >= 11 is 5.23. The second kappa shape index (κ2) is 7.77. The Balaban J connectivity index is 1.93. The molecule has 3 N–H and O–H groups in total. The molecule has 1 unspecified atom stereocenters. The second-order valence-corrected chi connectivity index (χ2v) is 7.08. The Kier molecular flexibility index (Phi) is 5.41. The van der Waals surface area contributed by atoms with E-state index in [2.05, 4.69) is 16.0 Å². The van der Waals surface area contributed by atoms with Crippen LogP contribution >= 0.6 is 12.2 Å². The molecule has 1 heterocycles. The fourth-order valence-electron chi connectivity index (χ4n) is 3.05. The molecule has 0 aliphatic carbocycles. The van der Waals surface area contributed by atoms with Gasteiger partial charge in [0.25, 0.3) is 11.6 Å². The maximum absolute atomic E-state index is 13.0. The summed E-state index contributed by atoms with van der Waals surface area (Å²) in [6.45, 7) is 5.77. The van der Waals surface area contributed by atoms with Crippen molar-refractivity contribution in [1.82, 2.24) is 10.6 Å². The third-order valence-electron chi connectivity index (χ3n) is 4.72. The predicted octanol–water partition coefficient (Wildman–Crippen LogP) is 3.64. The molecule has 2 aromatic rings. The molecule has 7 nitrogen and oxygen atoms in total. The molecule has 0 fully saturated rings. The summed E-state index contributed by atoms with van der Waals surface area (Å²) in [7, 11) is 0. The molecular weight excluding hydrogens is 376 g/mol. The van der Waals surface area contributed by atoms with Gasteiger partial charge >= 0.3 is 0 Å². The largest absolute Gasteiger partial charge is 0.351 e. The van der Waals surface area contributed by atoms with Crippen molar-refractivity contribution in [2.45, 2.75) is 26.8 Å². The van der Waals surface area contributed by atoms with Crippen LogP contribution in [0.15, 0.2) is 53.7 Å². The molecule has 3 rings (SSSR count). The highest BCUT2D eigenvalue weighted by Gasteiger charge is 2.30. The topological polar surface area (TPSA) is 96.3 Å².